The first-order valence-corrected chi connectivity index (χ1v) is 9.04. The van der Waals surface area contributed by atoms with Crippen molar-refractivity contribution in [2.75, 3.05) is 18.4 Å². The van der Waals surface area contributed by atoms with Crippen molar-refractivity contribution < 1.29 is 0 Å². The Morgan fingerprint density at radius 1 is 1.00 bits per heavy atom. The first-order chi connectivity index (χ1) is 11.6. The maximum absolute atomic E-state index is 4.45. The van der Waals surface area contributed by atoms with E-state index in [4.69, 9.17) is 0 Å². The molecule has 3 fully saturated rings. The molecule has 126 valence electrons. The molecule has 0 unspecified atom stereocenters. The van der Waals surface area contributed by atoms with Crippen LogP contribution in [0.3, 0.4) is 0 Å². The van der Waals surface area contributed by atoms with Gasteiger partial charge in [0.05, 0.1) is 5.69 Å². The molecule has 1 N–H and O–H groups in total. The quantitative estimate of drug-likeness (QED) is 0.936. The third kappa shape index (κ3) is 2.80. The van der Waals surface area contributed by atoms with Gasteiger partial charge in [0.1, 0.15) is 5.82 Å². The van der Waals surface area contributed by atoms with E-state index in [9.17, 15) is 0 Å². The van der Waals surface area contributed by atoms with Gasteiger partial charge in [-0.1, -0.05) is 12.1 Å². The average Bonchev–Trinajstić information content (AvgIpc) is 2.61. The zero-order chi connectivity index (χ0) is 16.7. The van der Waals surface area contributed by atoms with Crippen LogP contribution in [-0.2, 0) is 0 Å². The van der Waals surface area contributed by atoms with Gasteiger partial charge in [-0.2, -0.15) is 0 Å². The maximum atomic E-state index is 4.45. The number of nitrogens with one attached hydrogen (secondary N) is 1. The molecule has 24 heavy (non-hydrogen) atoms. The fourth-order valence-corrected chi connectivity index (χ4v) is 4.18. The highest BCUT2D eigenvalue weighted by atomic mass is 15.2. The van der Waals surface area contributed by atoms with Gasteiger partial charge < -0.3 is 5.32 Å². The lowest BCUT2D eigenvalue weighted by molar-refractivity contribution is 0.0457. The molecule has 2 aromatic rings. The number of fused-ring (bicyclic) bond motifs is 3. The fourth-order valence-electron chi connectivity index (χ4n) is 4.18. The second-order valence-electron chi connectivity index (χ2n) is 7.39. The van der Waals surface area contributed by atoms with Gasteiger partial charge >= 0.3 is 0 Å². The van der Waals surface area contributed by atoms with Crippen LogP contribution in [0.2, 0.25) is 0 Å². The number of anilines is 1. The Balaban J connectivity index is 1.50. The Labute approximate surface area is 144 Å². The minimum absolute atomic E-state index is 0.495. The largest absolute Gasteiger partial charge is 0.364 e. The summed E-state index contributed by atoms with van der Waals surface area (Å²) in [5, 5.41) is 12.5. The summed E-state index contributed by atoms with van der Waals surface area (Å²) in [5.74, 6) is 1.67. The summed E-state index contributed by atoms with van der Waals surface area (Å²) in [6.07, 6.45) is 2.60. The summed E-state index contributed by atoms with van der Waals surface area (Å²) in [5.41, 5.74) is 4.66. The van der Waals surface area contributed by atoms with E-state index in [1.54, 1.807) is 0 Å². The van der Waals surface area contributed by atoms with Crippen LogP contribution in [0.1, 0.15) is 30.9 Å². The smallest absolute Gasteiger partial charge is 0.148 e. The molecule has 0 spiro atoms. The molecule has 2 bridgehead atoms. The van der Waals surface area contributed by atoms with Crippen molar-refractivity contribution in [3.05, 3.63) is 41.5 Å². The molecule has 1 aromatic carbocycles. The van der Waals surface area contributed by atoms with Gasteiger partial charge in [0.25, 0.3) is 0 Å². The van der Waals surface area contributed by atoms with Crippen molar-refractivity contribution in [2.45, 2.75) is 45.7 Å². The van der Waals surface area contributed by atoms with E-state index < -0.39 is 0 Å². The first-order valence-electron chi connectivity index (χ1n) is 9.04. The predicted molar refractivity (Wildman–Crippen MR) is 98.1 cm³/mol. The van der Waals surface area contributed by atoms with Crippen molar-refractivity contribution in [1.82, 2.24) is 15.1 Å². The number of aromatic nitrogens is 2. The zero-order valence-electron chi connectivity index (χ0n) is 14.8. The van der Waals surface area contributed by atoms with Crippen LogP contribution in [0.15, 0.2) is 30.3 Å². The highest BCUT2D eigenvalue weighted by Gasteiger charge is 2.39. The topological polar surface area (TPSA) is 41.0 Å². The molecular formula is C20H26N4. The van der Waals surface area contributed by atoms with Gasteiger partial charge in [0, 0.05) is 17.6 Å². The van der Waals surface area contributed by atoms with E-state index >= 15 is 0 Å². The first kappa shape index (κ1) is 15.6. The molecule has 4 heteroatoms. The van der Waals surface area contributed by atoms with Gasteiger partial charge in [0.2, 0.25) is 0 Å². The monoisotopic (exact) mass is 322 g/mol. The molecular weight excluding hydrogens is 296 g/mol. The summed E-state index contributed by atoms with van der Waals surface area (Å²) in [7, 11) is 0. The van der Waals surface area contributed by atoms with Gasteiger partial charge in [-0.25, -0.2) is 0 Å². The summed E-state index contributed by atoms with van der Waals surface area (Å²) >= 11 is 0. The van der Waals surface area contributed by atoms with E-state index in [1.807, 2.05) is 0 Å². The molecule has 5 rings (SSSR count). The van der Waals surface area contributed by atoms with Gasteiger partial charge in [-0.3, -0.25) is 4.90 Å². The molecule has 3 saturated heterocycles. The van der Waals surface area contributed by atoms with Crippen LogP contribution in [-0.4, -0.2) is 40.3 Å². The van der Waals surface area contributed by atoms with Gasteiger partial charge in [0.15, 0.2) is 0 Å². The van der Waals surface area contributed by atoms with Crippen LogP contribution in [0.5, 0.6) is 0 Å². The predicted octanol–water partition coefficient (Wildman–Crippen LogP) is 3.66. The van der Waals surface area contributed by atoms with E-state index in [-0.39, 0.29) is 0 Å². The van der Waals surface area contributed by atoms with Crippen LogP contribution in [0, 0.1) is 19.8 Å². The van der Waals surface area contributed by atoms with Crippen molar-refractivity contribution >= 4 is 5.82 Å². The van der Waals surface area contributed by atoms with Crippen LogP contribution < -0.4 is 5.32 Å². The van der Waals surface area contributed by atoms with Crippen molar-refractivity contribution in [1.29, 1.82) is 0 Å². The lowest BCUT2D eigenvalue weighted by Crippen LogP contribution is -2.59. The average molecular weight is 322 g/mol. The molecule has 0 amide bonds. The standard InChI is InChI=1S/C20H26N4/c1-13-4-5-17(12-14(13)2)18-6-7-19(23-22-18)21-20-15(3)24-10-8-16(20)9-11-24/h4-7,12,15-16,20H,8-11H2,1-3H3,(H,21,23)/t15-,20+/m1/s1. The van der Waals surface area contributed by atoms with E-state index in [0.717, 1.165) is 23.0 Å². The number of aryl methyl sites for hydroxylation is 2. The summed E-state index contributed by atoms with van der Waals surface area (Å²) in [4.78, 5) is 2.59. The van der Waals surface area contributed by atoms with Gasteiger partial charge in [-0.05, 0) is 81.9 Å². The molecule has 2 atom stereocenters. The SMILES string of the molecule is Cc1ccc(-c2ccc(N[C@@H]3C4CCN(CC4)[C@@H]3C)nn2)cc1C. The molecule has 0 radical (unpaired) electrons. The minimum atomic E-state index is 0.495. The fraction of sp³-hybridized carbons (Fsp3) is 0.500. The number of benzene rings is 1. The highest BCUT2D eigenvalue weighted by molar-refractivity contribution is 5.61. The molecule has 4 heterocycles. The lowest BCUT2D eigenvalue weighted by atomic mass is 9.79. The Kier molecular flexibility index (Phi) is 4.01. The van der Waals surface area contributed by atoms with E-state index in [2.05, 4.69) is 71.5 Å². The summed E-state index contributed by atoms with van der Waals surface area (Å²) in [6.45, 7) is 9.10. The number of piperidine rings is 3. The molecule has 3 aliphatic rings. The van der Waals surface area contributed by atoms with Crippen molar-refractivity contribution in [2.24, 2.45) is 5.92 Å². The molecule has 0 saturated carbocycles. The zero-order valence-corrected chi connectivity index (χ0v) is 14.8. The molecule has 1 aromatic heterocycles. The Morgan fingerprint density at radius 3 is 2.42 bits per heavy atom. The second-order valence-corrected chi connectivity index (χ2v) is 7.39. The lowest BCUT2D eigenvalue weighted by Gasteiger charge is -2.50. The maximum Gasteiger partial charge on any atom is 0.148 e. The Bertz CT molecular complexity index is 715. The normalized spacial score (nSPS) is 28.8. The number of hydrogen-bond donors (Lipinski definition) is 1. The van der Waals surface area contributed by atoms with Crippen molar-refractivity contribution in [3.63, 3.8) is 0 Å². The van der Waals surface area contributed by atoms with E-state index in [1.165, 1.54) is 37.1 Å². The number of nitrogens with zero attached hydrogens (tertiary/aromatic N) is 3. The number of hydrogen-bond acceptors (Lipinski definition) is 4. The Morgan fingerprint density at radius 2 is 1.79 bits per heavy atom. The Hall–Kier alpha value is -1.94. The third-order valence-electron chi connectivity index (χ3n) is 5.96. The molecule has 0 aliphatic carbocycles. The van der Waals surface area contributed by atoms with Crippen LogP contribution in [0.4, 0.5) is 5.82 Å². The molecule has 3 aliphatic heterocycles. The van der Waals surface area contributed by atoms with Gasteiger partial charge in [-0.15, -0.1) is 10.2 Å². The van der Waals surface area contributed by atoms with E-state index in [0.29, 0.717) is 12.1 Å². The van der Waals surface area contributed by atoms with Crippen LogP contribution in [0.25, 0.3) is 11.3 Å². The second kappa shape index (κ2) is 6.17. The number of rotatable bonds is 3. The summed E-state index contributed by atoms with van der Waals surface area (Å²) < 4.78 is 0. The highest BCUT2D eigenvalue weighted by Crippen LogP contribution is 2.33. The van der Waals surface area contributed by atoms with Crippen LogP contribution >= 0.6 is 0 Å². The molecule has 4 nitrogen and oxygen atoms in total. The minimum Gasteiger partial charge on any atom is -0.364 e. The third-order valence-corrected chi connectivity index (χ3v) is 5.96. The van der Waals surface area contributed by atoms with Crippen molar-refractivity contribution in [3.8, 4) is 11.3 Å². The summed E-state index contributed by atoms with van der Waals surface area (Å²) in [6, 6.07) is 11.7.